The van der Waals surface area contributed by atoms with Gasteiger partial charge in [0.05, 0.1) is 5.58 Å². The summed E-state index contributed by atoms with van der Waals surface area (Å²) in [6.45, 7) is 17.2. The Balaban J connectivity index is 0.000000271. The van der Waals surface area contributed by atoms with Crippen molar-refractivity contribution in [1.82, 2.24) is 15.0 Å². The van der Waals surface area contributed by atoms with Crippen molar-refractivity contribution < 1.29 is 24.5 Å². The van der Waals surface area contributed by atoms with Gasteiger partial charge in [0.1, 0.15) is 0 Å². The Morgan fingerprint density at radius 1 is 0.680 bits per heavy atom. The first-order chi connectivity index (χ1) is 23.4. The fourth-order valence-electron chi connectivity index (χ4n) is 6.06. The first-order valence-corrected chi connectivity index (χ1v) is 16.8. The molecule has 4 aromatic carbocycles. The number of hydrogen-bond donors (Lipinski definition) is 0. The van der Waals surface area contributed by atoms with Gasteiger partial charge in [-0.2, -0.15) is 0 Å². The molecule has 3 heterocycles. The Morgan fingerprint density at radius 2 is 1.38 bits per heavy atom. The van der Waals surface area contributed by atoms with Gasteiger partial charge in [-0.15, -0.1) is 53.6 Å². The van der Waals surface area contributed by atoms with Gasteiger partial charge in [0, 0.05) is 44.4 Å². The van der Waals surface area contributed by atoms with Crippen LogP contribution in [0.25, 0.3) is 55.9 Å². The molecule has 3 aromatic heterocycles. The molecule has 0 aliphatic rings. The zero-order valence-electron chi connectivity index (χ0n) is 30.1. The maximum atomic E-state index is 6.24. The van der Waals surface area contributed by atoms with Gasteiger partial charge >= 0.3 is 0 Å². The summed E-state index contributed by atoms with van der Waals surface area (Å²) < 4.78 is 6.24. The van der Waals surface area contributed by atoms with Crippen LogP contribution in [0.2, 0.25) is 0 Å². The number of aryl methyl sites for hydroxylation is 5. The van der Waals surface area contributed by atoms with Crippen molar-refractivity contribution >= 4 is 11.1 Å². The Bertz CT molecular complexity index is 2140. The van der Waals surface area contributed by atoms with Crippen LogP contribution in [0.15, 0.2) is 108 Å². The molecule has 0 unspecified atom stereocenters. The summed E-state index contributed by atoms with van der Waals surface area (Å²) in [4.78, 5) is 13.9. The molecule has 50 heavy (non-hydrogen) atoms. The van der Waals surface area contributed by atoms with Crippen molar-refractivity contribution in [2.75, 3.05) is 0 Å². The van der Waals surface area contributed by atoms with E-state index in [2.05, 4.69) is 126 Å². The number of fused-ring (bicyclic) bond motifs is 1. The molecule has 7 aromatic rings. The summed E-state index contributed by atoms with van der Waals surface area (Å²) >= 11 is 0. The van der Waals surface area contributed by atoms with Gasteiger partial charge in [-0.3, -0.25) is 0 Å². The summed E-state index contributed by atoms with van der Waals surface area (Å²) in [6, 6.07) is 37.9. The van der Waals surface area contributed by atoms with Gasteiger partial charge in [-0.1, -0.05) is 93.9 Å². The van der Waals surface area contributed by atoms with Crippen molar-refractivity contribution in [3.05, 3.63) is 149 Å². The number of benzene rings is 4. The molecule has 0 fully saturated rings. The van der Waals surface area contributed by atoms with E-state index in [4.69, 9.17) is 14.4 Å². The second-order valence-corrected chi connectivity index (χ2v) is 14.1. The molecule has 0 amide bonds. The zero-order chi connectivity index (χ0) is 34.7. The predicted molar refractivity (Wildman–Crippen MR) is 202 cm³/mol. The van der Waals surface area contributed by atoms with Crippen molar-refractivity contribution in [3.63, 3.8) is 0 Å². The van der Waals surface area contributed by atoms with Gasteiger partial charge in [0.25, 0.3) is 0 Å². The quantitative estimate of drug-likeness (QED) is 0.162. The van der Waals surface area contributed by atoms with E-state index >= 15 is 0 Å². The summed E-state index contributed by atoms with van der Waals surface area (Å²) in [5, 5.41) is 0. The van der Waals surface area contributed by atoms with E-state index in [0.29, 0.717) is 0 Å². The van der Waals surface area contributed by atoms with Crippen molar-refractivity contribution in [1.29, 1.82) is 0 Å². The van der Waals surface area contributed by atoms with E-state index in [0.717, 1.165) is 51.5 Å². The Hall–Kier alpha value is -4.70. The van der Waals surface area contributed by atoms with Gasteiger partial charge in [0.2, 0.25) is 0 Å². The van der Waals surface area contributed by atoms with Gasteiger partial charge in [-0.25, -0.2) is 4.98 Å². The number of pyridine rings is 2. The van der Waals surface area contributed by atoms with Crippen molar-refractivity contribution in [3.8, 4) is 44.8 Å². The van der Waals surface area contributed by atoms with Crippen LogP contribution >= 0.6 is 0 Å². The van der Waals surface area contributed by atoms with Crippen molar-refractivity contribution in [2.24, 2.45) is 5.41 Å². The van der Waals surface area contributed by atoms with Crippen LogP contribution in [0.5, 0.6) is 0 Å². The SMILES string of the molecule is Cc1c[c-]c(-c2ccc(C)cn2)cc1.Cc1cnc(-c2[c-]ccc3nc(CC(C)(C)C)oc23)cc1-c1c(C)cc(-c2ccccc2)cc1C.[Ir]. The summed E-state index contributed by atoms with van der Waals surface area (Å²) in [7, 11) is 0. The van der Waals surface area contributed by atoms with Crippen LogP contribution in [-0.2, 0) is 26.5 Å². The molecule has 0 saturated carbocycles. The van der Waals surface area contributed by atoms with E-state index in [1.807, 2.05) is 49.6 Å². The summed E-state index contributed by atoms with van der Waals surface area (Å²) in [5.41, 5.74) is 16.4. The van der Waals surface area contributed by atoms with Gasteiger partial charge < -0.3 is 14.4 Å². The number of nitrogens with zero attached hydrogens (tertiary/aromatic N) is 3. The largest absolute Gasteiger partial charge is 0.488 e. The monoisotopic (exact) mass is 834 g/mol. The molecule has 4 nitrogen and oxygen atoms in total. The van der Waals surface area contributed by atoms with Crippen LogP contribution in [0.3, 0.4) is 0 Å². The van der Waals surface area contributed by atoms with Crippen LogP contribution < -0.4 is 0 Å². The van der Waals surface area contributed by atoms with Crippen molar-refractivity contribution in [2.45, 2.75) is 61.8 Å². The third kappa shape index (κ3) is 8.53. The number of aromatic nitrogens is 3. The molecule has 0 aliphatic heterocycles. The molecule has 255 valence electrons. The van der Waals surface area contributed by atoms with E-state index < -0.39 is 0 Å². The normalized spacial score (nSPS) is 11.1. The molecular weight excluding hydrogens is 791 g/mol. The summed E-state index contributed by atoms with van der Waals surface area (Å²) in [6.07, 6.45) is 4.61. The number of oxazole rings is 1. The van der Waals surface area contributed by atoms with E-state index in [-0.39, 0.29) is 25.5 Å². The molecular formula is C45H43IrN3O-2. The van der Waals surface area contributed by atoms with Crippen LogP contribution in [0.1, 0.15) is 54.5 Å². The Kier molecular flexibility index (Phi) is 11.3. The average Bonchev–Trinajstić information content (AvgIpc) is 3.48. The van der Waals surface area contributed by atoms with Gasteiger partial charge in [0.15, 0.2) is 5.89 Å². The zero-order valence-corrected chi connectivity index (χ0v) is 32.5. The first-order valence-electron chi connectivity index (χ1n) is 16.8. The molecule has 1 radical (unpaired) electrons. The molecule has 5 heteroatoms. The fraction of sp³-hybridized carbons (Fsp3) is 0.222. The third-order valence-corrected chi connectivity index (χ3v) is 8.50. The van der Waals surface area contributed by atoms with Crippen LogP contribution in [-0.4, -0.2) is 15.0 Å². The van der Waals surface area contributed by atoms with Crippen LogP contribution in [0.4, 0.5) is 0 Å². The second kappa shape index (κ2) is 15.5. The molecule has 0 N–H and O–H groups in total. The molecule has 0 bridgehead atoms. The molecule has 0 spiro atoms. The van der Waals surface area contributed by atoms with Gasteiger partial charge in [-0.05, 0) is 89.0 Å². The molecule has 7 rings (SSSR count). The molecule has 0 saturated heterocycles. The van der Waals surface area contributed by atoms with Crippen LogP contribution in [0, 0.1) is 52.2 Å². The minimum Gasteiger partial charge on any atom is -0.488 e. The topological polar surface area (TPSA) is 51.8 Å². The molecule has 0 atom stereocenters. The number of rotatable bonds is 5. The standard InChI is InChI=1S/C32H31N2O.C13H12N.Ir/c1-20-15-24(23-11-8-7-9-12-23)16-21(2)30(20)26-17-28(33-19-22(26)3)25-13-10-14-27-31(25)35-29(34-27)18-32(4,5)6;1-10-3-6-12(7-4-10)13-8-5-11(2)9-14-13;/h7-12,14-17,19H,18H2,1-6H3;3-6,8-9H,1-2H3;/q2*-1;. The summed E-state index contributed by atoms with van der Waals surface area (Å²) in [5.74, 6) is 0.754. The minimum atomic E-state index is 0. The minimum absolute atomic E-state index is 0. The maximum absolute atomic E-state index is 6.24. The second-order valence-electron chi connectivity index (χ2n) is 14.1. The Labute approximate surface area is 310 Å². The fourth-order valence-corrected chi connectivity index (χ4v) is 6.06. The Morgan fingerprint density at radius 3 is 2.02 bits per heavy atom. The number of hydrogen-bond acceptors (Lipinski definition) is 4. The van der Waals surface area contributed by atoms with E-state index in [9.17, 15) is 0 Å². The third-order valence-electron chi connectivity index (χ3n) is 8.50. The smallest absolute Gasteiger partial charge is 0.183 e. The maximum Gasteiger partial charge on any atom is 0.183 e. The first kappa shape index (κ1) is 36.6. The van der Waals surface area contributed by atoms with E-state index in [1.54, 1.807) is 0 Å². The average molecular weight is 834 g/mol. The molecule has 0 aliphatic carbocycles. The van der Waals surface area contributed by atoms with E-state index in [1.165, 1.54) is 44.5 Å². The predicted octanol–water partition coefficient (Wildman–Crippen LogP) is 11.7.